The standard InChI is InChI=1S/C22H27N9O/c1-14-10-15(4-5-18(14)32-16-6-7-26-19(11-16)28-13-23)29-21(24)20-17(25-2)12-27-22(30-20)31-8-3-9-31/h4-7,10-13,22,25,30H,3,8-9H2,1-2H3,(H2,24,29)(H2,23,26,28). The lowest BCUT2D eigenvalue weighted by Crippen LogP contribution is -2.54. The number of rotatable bonds is 7. The number of aliphatic imine (C=N–C) groups is 3. The largest absolute Gasteiger partial charge is 0.457 e. The van der Waals surface area contributed by atoms with E-state index >= 15 is 0 Å². The summed E-state index contributed by atoms with van der Waals surface area (Å²) < 4.78 is 5.98. The number of aryl methyl sites for hydroxylation is 1. The van der Waals surface area contributed by atoms with E-state index in [1.54, 1.807) is 24.5 Å². The molecule has 1 fully saturated rings. The third-order valence-electron chi connectivity index (χ3n) is 5.21. The van der Waals surface area contributed by atoms with Crippen molar-refractivity contribution in [3.63, 3.8) is 0 Å². The van der Waals surface area contributed by atoms with Gasteiger partial charge in [0.05, 0.1) is 23.9 Å². The van der Waals surface area contributed by atoms with Crippen LogP contribution < -0.4 is 26.8 Å². The van der Waals surface area contributed by atoms with Gasteiger partial charge in [-0.15, -0.1) is 0 Å². The second-order valence-corrected chi connectivity index (χ2v) is 7.40. The fourth-order valence-electron chi connectivity index (χ4n) is 3.38. The van der Waals surface area contributed by atoms with Gasteiger partial charge >= 0.3 is 0 Å². The van der Waals surface area contributed by atoms with Crippen molar-refractivity contribution < 1.29 is 4.74 Å². The maximum Gasteiger partial charge on any atom is 0.176 e. The van der Waals surface area contributed by atoms with E-state index in [0.29, 0.717) is 23.2 Å². The smallest absolute Gasteiger partial charge is 0.176 e. The molecule has 1 atom stereocenters. The van der Waals surface area contributed by atoms with Crippen LogP contribution in [0.15, 0.2) is 62.9 Å². The summed E-state index contributed by atoms with van der Waals surface area (Å²) in [6, 6.07) is 9.11. The molecule has 6 N–H and O–H groups in total. The molecule has 2 aliphatic heterocycles. The molecular formula is C22H27N9O. The predicted octanol–water partition coefficient (Wildman–Crippen LogP) is 1.88. The minimum atomic E-state index is -0.115. The van der Waals surface area contributed by atoms with Gasteiger partial charge in [-0.2, -0.15) is 0 Å². The number of allylic oxidation sites excluding steroid dienone is 1. The summed E-state index contributed by atoms with van der Waals surface area (Å²) in [6.45, 7) is 3.99. The van der Waals surface area contributed by atoms with Crippen LogP contribution in [0.4, 0.5) is 11.5 Å². The summed E-state index contributed by atoms with van der Waals surface area (Å²) in [5, 5.41) is 6.51. The van der Waals surface area contributed by atoms with E-state index in [2.05, 4.69) is 35.5 Å². The summed E-state index contributed by atoms with van der Waals surface area (Å²) in [5.74, 6) is 2.18. The molecule has 1 saturated heterocycles. The molecule has 166 valence electrons. The molecule has 2 aromatic rings. The number of hydrogen-bond acceptors (Lipinski definition) is 8. The van der Waals surface area contributed by atoms with E-state index < -0.39 is 0 Å². The number of amidine groups is 1. The minimum Gasteiger partial charge on any atom is -0.457 e. The number of nitrogens with two attached hydrogens (primary N) is 2. The Morgan fingerprint density at radius 2 is 2.16 bits per heavy atom. The monoisotopic (exact) mass is 433 g/mol. The first-order chi connectivity index (χ1) is 15.6. The molecule has 10 heteroatoms. The Kier molecular flexibility index (Phi) is 6.31. The molecule has 3 heterocycles. The number of pyridine rings is 1. The topological polar surface area (TPSA) is 139 Å². The Labute approximate surface area is 186 Å². The van der Waals surface area contributed by atoms with Crippen LogP contribution in [0.1, 0.15) is 12.0 Å². The van der Waals surface area contributed by atoms with Gasteiger partial charge in [0.2, 0.25) is 0 Å². The highest BCUT2D eigenvalue weighted by Crippen LogP contribution is 2.29. The fourth-order valence-corrected chi connectivity index (χ4v) is 3.38. The summed E-state index contributed by atoms with van der Waals surface area (Å²) in [4.78, 5) is 19.5. The average molecular weight is 434 g/mol. The summed E-state index contributed by atoms with van der Waals surface area (Å²) in [7, 11) is 1.83. The van der Waals surface area contributed by atoms with Crippen molar-refractivity contribution >= 4 is 29.9 Å². The van der Waals surface area contributed by atoms with Gasteiger partial charge < -0.3 is 26.8 Å². The van der Waals surface area contributed by atoms with Crippen LogP contribution >= 0.6 is 0 Å². The average Bonchev–Trinajstić information content (AvgIpc) is 2.75. The number of likely N-dealkylation sites (tertiary alicyclic amines) is 1. The SMILES string of the molecule is CNC1=C(C(N)=Nc2ccc(Oc3ccnc(N=CN)c3)c(C)c2)NC(N2CCC2)N=C1. The first-order valence-corrected chi connectivity index (χ1v) is 10.4. The number of hydrogen-bond donors (Lipinski definition) is 4. The van der Waals surface area contributed by atoms with Crippen molar-refractivity contribution in [2.75, 3.05) is 20.1 Å². The van der Waals surface area contributed by atoms with Crippen molar-refractivity contribution in [2.45, 2.75) is 19.6 Å². The van der Waals surface area contributed by atoms with Gasteiger partial charge in [-0.3, -0.25) is 9.89 Å². The lowest BCUT2D eigenvalue weighted by Gasteiger charge is -2.38. The van der Waals surface area contributed by atoms with Gasteiger partial charge in [0.15, 0.2) is 12.1 Å². The predicted molar refractivity (Wildman–Crippen MR) is 127 cm³/mol. The molecule has 0 saturated carbocycles. The van der Waals surface area contributed by atoms with Crippen molar-refractivity contribution in [1.29, 1.82) is 0 Å². The molecule has 0 bridgehead atoms. The summed E-state index contributed by atoms with van der Waals surface area (Å²) in [5.41, 5.74) is 14.9. The summed E-state index contributed by atoms with van der Waals surface area (Å²) >= 11 is 0. The third-order valence-corrected chi connectivity index (χ3v) is 5.21. The van der Waals surface area contributed by atoms with E-state index in [-0.39, 0.29) is 6.29 Å². The second-order valence-electron chi connectivity index (χ2n) is 7.40. The third kappa shape index (κ3) is 4.70. The van der Waals surface area contributed by atoms with Crippen LogP contribution in [-0.4, -0.2) is 54.7 Å². The van der Waals surface area contributed by atoms with E-state index in [1.807, 2.05) is 32.2 Å². The molecule has 1 aromatic heterocycles. The van der Waals surface area contributed by atoms with E-state index in [0.717, 1.165) is 35.7 Å². The van der Waals surface area contributed by atoms with E-state index in [1.165, 1.54) is 12.8 Å². The molecule has 0 aliphatic carbocycles. The Bertz CT molecular complexity index is 1100. The molecule has 2 aliphatic rings. The van der Waals surface area contributed by atoms with Crippen LogP contribution in [0, 0.1) is 6.92 Å². The minimum absolute atomic E-state index is 0.115. The van der Waals surface area contributed by atoms with Gasteiger partial charge in [-0.05, 0) is 43.2 Å². The van der Waals surface area contributed by atoms with E-state index in [9.17, 15) is 0 Å². The lowest BCUT2D eigenvalue weighted by atomic mass is 10.2. The quantitative estimate of drug-likeness (QED) is 0.386. The molecule has 0 amide bonds. The zero-order valence-corrected chi connectivity index (χ0v) is 18.1. The number of benzene rings is 1. The molecule has 1 aromatic carbocycles. The zero-order chi connectivity index (χ0) is 22.5. The Hall–Kier alpha value is -3.92. The van der Waals surface area contributed by atoms with Gasteiger partial charge in [-0.25, -0.2) is 15.0 Å². The van der Waals surface area contributed by atoms with Gasteiger partial charge in [0.25, 0.3) is 0 Å². The number of ether oxygens (including phenoxy) is 1. The van der Waals surface area contributed by atoms with Crippen LogP contribution in [0.2, 0.25) is 0 Å². The highest BCUT2D eigenvalue weighted by Gasteiger charge is 2.27. The fraction of sp³-hybridized carbons (Fsp3) is 0.273. The Morgan fingerprint density at radius 1 is 1.31 bits per heavy atom. The molecule has 0 spiro atoms. The zero-order valence-electron chi connectivity index (χ0n) is 18.1. The molecule has 4 rings (SSSR count). The Morgan fingerprint density at radius 3 is 2.84 bits per heavy atom. The van der Waals surface area contributed by atoms with E-state index in [4.69, 9.17) is 16.2 Å². The van der Waals surface area contributed by atoms with Gasteiger partial charge in [-0.1, -0.05) is 0 Å². The maximum atomic E-state index is 6.37. The van der Waals surface area contributed by atoms with Crippen LogP contribution in [0.3, 0.4) is 0 Å². The lowest BCUT2D eigenvalue weighted by molar-refractivity contribution is 0.107. The number of nitrogens with zero attached hydrogens (tertiary/aromatic N) is 5. The van der Waals surface area contributed by atoms with Gasteiger partial charge in [0, 0.05) is 32.4 Å². The van der Waals surface area contributed by atoms with Gasteiger partial charge in [0.1, 0.15) is 23.0 Å². The first-order valence-electron chi connectivity index (χ1n) is 10.4. The molecule has 0 radical (unpaired) electrons. The van der Waals surface area contributed by atoms with Crippen LogP contribution in [-0.2, 0) is 0 Å². The normalized spacial score (nSPS) is 19.1. The van der Waals surface area contributed by atoms with Crippen molar-refractivity contribution in [3.05, 3.63) is 53.5 Å². The highest BCUT2D eigenvalue weighted by atomic mass is 16.5. The number of aromatic nitrogens is 1. The van der Waals surface area contributed by atoms with Crippen molar-refractivity contribution in [2.24, 2.45) is 26.4 Å². The molecular weight excluding hydrogens is 406 g/mol. The van der Waals surface area contributed by atoms with Crippen molar-refractivity contribution in [1.82, 2.24) is 20.5 Å². The molecule has 10 nitrogen and oxygen atoms in total. The molecule has 32 heavy (non-hydrogen) atoms. The van der Waals surface area contributed by atoms with Crippen molar-refractivity contribution in [3.8, 4) is 11.5 Å². The van der Waals surface area contributed by atoms with Crippen LogP contribution in [0.25, 0.3) is 0 Å². The highest BCUT2D eigenvalue weighted by molar-refractivity contribution is 6.03. The first kappa shape index (κ1) is 21.3. The van der Waals surface area contributed by atoms with Crippen LogP contribution in [0.5, 0.6) is 11.5 Å². The second kappa shape index (κ2) is 9.48. The Balaban J connectivity index is 1.52. The number of nitrogens with one attached hydrogen (secondary N) is 2. The summed E-state index contributed by atoms with van der Waals surface area (Å²) in [6.07, 6.45) is 5.69. The molecule has 1 unspecified atom stereocenters. The maximum absolute atomic E-state index is 6.37.